The van der Waals surface area contributed by atoms with Crippen molar-refractivity contribution in [1.82, 2.24) is 19.5 Å². The van der Waals surface area contributed by atoms with Crippen molar-refractivity contribution in [2.75, 3.05) is 25.8 Å². The molecular formula is C24H22ClN5O5S. The normalized spacial score (nSPS) is 10.9. The molecule has 3 heterocycles. The fraction of sp³-hybridized carbons (Fsp3) is 0.208. The maximum absolute atomic E-state index is 13.8. The van der Waals surface area contributed by atoms with E-state index in [0.29, 0.717) is 50.9 Å². The molecule has 4 rings (SSSR count). The maximum atomic E-state index is 13.8. The number of aromatic nitrogens is 4. The summed E-state index contributed by atoms with van der Waals surface area (Å²) in [4.78, 5) is 38.0. The summed E-state index contributed by atoms with van der Waals surface area (Å²) >= 11 is 7.96. The highest BCUT2D eigenvalue weighted by atomic mass is 35.5. The number of ether oxygens (including phenoxy) is 2. The maximum Gasteiger partial charge on any atom is 0.410 e. The number of fused-ring (bicyclic) bond motifs is 1. The fourth-order valence-electron chi connectivity index (χ4n) is 3.70. The van der Waals surface area contributed by atoms with Gasteiger partial charge in [0.25, 0.3) is 5.56 Å². The van der Waals surface area contributed by atoms with Gasteiger partial charge in [0, 0.05) is 47.4 Å². The summed E-state index contributed by atoms with van der Waals surface area (Å²) in [5, 5.41) is 12.6. The Morgan fingerprint density at radius 3 is 2.67 bits per heavy atom. The third-order valence-electron chi connectivity index (χ3n) is 5.38. The lowest BCUT2D eigenvalue weighted by Gasteiger charge is -2.15. The number of hydrogen-bond acceptors (Lipinski definition) is 8. The smallest absolute Gasteiger partial charge is 0.410 e. The number of thioether (sulfide) groups is 1. The van der Waals surface area contributed by atoms with E-state index in [1.807, 2.05) is 6.26 Å². The molecule has 1 aromatic carbocycles. The predicted molar refractivity (Wildman–Crippen MR) is 139 cm³/mol. The number of benzene rings is 1. The van der Waals surface area contributed by atoms with E-state index in [-0.39, 0.29) is 22.9 Å². The van der Waals surface area contributed by atoms with E-state index in [1.54, 1.807) is 47.2 Å². The van der Waals surface area contributed by atoms with Gasteiger partial charge in [-0.05, 0) is 30.5 Å². The van der Waals surface area contributed by atoms with Crippen LogP contribution >= 0.6 is 23.4 Å². The van der Waals surface area contributed by atoms with E-state index in [1.165, 1.54) is 26.0 Å². The summed E-state index contributed by atoms with van der Waals surface area (Å²) < 4.78 is 12.3. The number of anilines is 1. The van der Waals surface area contributed by atoms with Gasteiger partial charge in [-0.3, -0.25) is 14.7 Å². The Morgan fingerprint density at radius 1 is 1.17 bits per heavy atom. The number of pyridine rings is 2. The average Bonchev–Trinajstić information content (AvgIpc) is 2.87. The fourth-order valence-corrected chi connectivity index (χ4v) is 4.33. The SMILES string of the molecule is COc1cc(OC)c(Cl)c(-c2cc3cnc(SC)nc3n(CCc3cccc(NC(=O)O)n3)c2=O)c1. The minimum atomic E-state index is -1.21. The van der Waals surface area contributed by atoms with Crippen LogP contribution in [0.5, 0.6) is 11.5 Å². The Balaban J connectivity index is 1.86. The van der Waals surface area contributed by atoms with Crippen molar-refractivity contribution in [2.45, 2.75) is 18.1 Å². The number of nitrogens with zero attached hydrogens (tertiary/aromatic N) is 4. The van der Waals surface area contributed by atoms with E-state index < -0.39 is 6.09 Å². The topological polar surface area (TPSA) is 128 Å². The van der Waals surface area contributed by atoms with Gasteiger partial charge in [0.15, 0.2) is 5.16 Å². The third kappa shape index (κ3) is 5.21. The van der Waals surface area contributed by atoms with Gasteiger partial charge in [0.1, 0.15) is 23.0 Å². The lowest BCUT2D eigenvalue weighted by molar-refractivity contribution is 0.209. The highest BCUT2D eigenvalue weighted by Crippen LogP contribution is 2.38. The summed E-state index contributed by atoms with van der Waals surface area (Å²) in [7, 11) is 3.00. The molecule has 0 bridgehead atoms. The minimum Gasteiger partial charge on any atom is -0.497 e. The Kier molecular flexibility index (Phi) is 7.61. The number of halogens is 1. The van der Waals surface area contributed by atoms with Gasteiger partial charge in [-0.25, -0.2) is 19.7 Å². The molecule has 0 aliphatic carbocycles. The van der Waals surface area contributed by atoms with Crippen LogP contribution in [0.15, 0.2) is 52.5 Å². The second-order valence-corrected chi connectivity index (χ2v) is 8.69. The van der Waals surface area contributed by atoms with Gasteiger partial charge in [0.05, 0.1) is 19.2 Å². The summed E-state index contributed by atoms with van der Waals surface area (Å²) in [5.41, 5.74) is 1.54. The van der Waals surface area contributed by atoms with Crippen molar-refractivity contribution >= 4 is 46.3 Å². The van der Waals surface area contributed by atoms with Crippen molar-refractivity contribution in [3.8, 4) is 22.6 Å². The average molecular weight is 528 g/mol. The summed E-state index contributed by atoms with van der Waals surface area (Å²) in [6.45, 7) is 0.232. The molecule has 36 heavy (non-hydrogen) atoms. The molecule has 0 aliphatic heterocycles. The van der Waals surface area contributed by atoms with Crippen LogP contribution in [-0.4, -0.2) is 51.2 Å². The van der Waals surface area contributed by atoms with Crippen LogP contribution in [0.3, 0.4) is 0 Å². The molecule has 4 aromatic rings. The van der Waals surface area contributed by atoms with Gasteiger partial charge >= 0.3 is 6.09 Å². The zero-order valence-corrected chi connectivity index (χ0v) is 21.2. The standard InChI is InChI=1S/C24H22ClN5O5S/c1-34-15-10-16(20(25)18(11-15)35-2)17-9-13-12-26-23(36-3)29-21(13)30(22(17)31)8-7-14-5-4-6-19(27-14)28-24(32)33/h4-6,9-12H,7-8H2,1-3H3,(H,27,28)(H,32,33). The molecule has 0 aliphatic rings. The molecule has 10 nitrogen and oxygen atoms in total. The second kappa shape index (κ2) is 10.8. The van der Waals surface area contributed by atoms with Crippen LogP contribution < -0.4 is 20.3 Å². The molecule has 2 N–H and O–H groups in total. The number of amides is 1. The lowest BCUT2D eigenvalue weighted by atomic mass is 10.0. The van der Waals surface area contributed by atoms with Crippen molar-refractivity contribution in [1.29, 1.82) is 0 Å². The van der Waals surface area contributed by atoms with E-state index in [4.69, 9.17) is 26.2 Å². The number of rotatable bonds is 8. The molecule has 3 aromatic heterocycles. The molecule has 0 unspecified atom stereocenters. The molecule has 1 amide bonds. The predicted octanol–water partition coefficient (Wildman–Crippen LogP) is 4.58. The zero-order chi connectivity index (χ0) is 25.8. The summed E-state index contributed by atoms with van der Waals surface area (Å²) in [6, 6.07) is 10.0. The van der Waals surface area contributed by atoms with E-state index in [2.05, 4.69) is 20.3 Å². The quantitative estimate of drug-likeness (QED) is 0.250. The molecule has 12 heteroatoms. The monoisotopic (exact) mass is 527 g/mol. The molecular weight excluding hydrogens is 506 g/mol. The molecule has 186 valence electrons. The van der Waals surface area contributed by atoms with Crippen molar-refractivity contribution < 1.29 is 19.4 Å². The number of carboxylic acid groups (broad SMARTS) is 1. The molecule has 0 radical (unpaired) electrons. The number of methoxy groups -OCH3 is 2. The third-order valence-corrected chi connectivity index (χ3v) is 6.33. The first kappa shape index (κ1) is 25.3. The Labute approximate surface area is 215 Å². The van der Waals surface area contributed by atoms with E-state index in [0.717, 1.165) is 0 Å². The van der Waals surface area contributed by atoms with Crippen LogP contribution in [0.2, 0.25) is 5.02 Å². The van der Waals surface area contributed by atoms with Crippen molar-refractivity contribution in [3.63, 3.8) is 0 Å². The zero-order valence-electron chi connectivity index (χ0n) is 19.6. The van der Waals surface area contributed by atoms with Crippen molar-refractivity contribution in [3.05, 3.63) is 63.7 Å². The van der Waals surface area contributed by atoms with Crippen LogP contribution in [0.1, 0.15) is 5.69 Å². The highest BCUT2D eigenvalue weighted by Gasteiger charge is 2.19. The van der Waals surface area contributed by atoms with Gasteiger partial charge in [-0.15, -0.1) is 0 Å². The van der Waals surface area contributed by atoms with Crippen LogP contribution in [0.25, 0.3) is 22.2 Å². The van der Waals surface area contributed by atoms with Crippen molar-refractivity contribution in [2.24, 2.45) is 0 Å². The first-order valence-corrected chi connectivity index (χ1v) is 12.3. The number of hydrogen-bond donors (Lipinski definition) is 2. The summed E-state index contributed by atoms with van der Waals surface area (Å²) in [5.74, 6) is 1.06. The number of aryl methyl sites for hydroxylation is 2. The summed E-state index contributed by atoms with van der Waals surface area (Å²) in [6.07, 6.45) is 2.66. The molecule has 0 spiro atoms. The first-order valence-electron chi connectivity index (χ1n) is 10.7. The van der Waals surface area contributed by atoms with Gasteiger partial charge in [-0.1, -0.05) is 29.4 Å². The van der Waals surface area contributed by atoms with Crippen LogP contribution in [0, 0.1) is 0 Å². The molecule has 0 saturated carbocycles. The number of carbonyl (C=O) groups is 1. The minimum absolute atomic E-state index is 0.202. The van der Waals surface area contributed by atoms with Gasteiger partial charge < -0.3 is 14.6 Å². The Hall–Kier alpha value is -3.83. The van der Waals surface area contributed by atoms with Crippen LogP contribution in [0.4, 0.5) is 10.6 Å². The second-order valence-electron chi connectivity index (χ2n) is 7.54. The van der Waals surface area contributed by atoms with Gasteiger partial charge in [-0.2, -0.15) is 0 Å². The molecule has 0 saturated heterocycles. The Morgan fingerprint density at radius 2 is 1.97 bits per heavy atom. The van der Waals surface area contributed by atoms with Crippen LogP contribution in [-0.2, 0) is 13.0 Å². The first-order chi connectivity index (χ1) is 17.3. The van der Waals surface area contributed by atoms with E-state index in [9.17, 15) is 9.59 Å². The number of nitrogens with one attached hydrogen (secondary N) is 1. The molecule has 0 fully saturated rings. The highest BCUT2D eigenvalue weighted by molar-refractivity contribution is 7.98. The van der Waals surface area contributed by atoms with Gasteiger partial charge in [0.2, 0.25) is 0 Å². The lowest BCUT2D eigenvalue weighted by Crippen LogP contribution is -2.24. The van der Waals surface area contributed by atoms with E-state index >= 15 is 0 Å². The largest absolute Gasteiger partial charge is 0.497 e. The Bertz CT molecular complexity index is 1510. The molecule has 0 atom stereocenters.